The monoisotopic (exact) mass is 482 g/mol. The summed E-state index contributed by atoms with van der Waals surface area (Å²) >= 11 is 0. The number of anilines is 1. The van der Waals surface area contributed by atoms with Gasteiger partial charge in [0.2, 0.25) is 0 Å². The molecule has 3 aromatic rings. The quantitative estimate of drug-likeness (QED) is 0.171. The molecule has 0 unspecified atom stereocenters. The van der Waals surface area contributed by atoms with Gasteiger partial charge in [-0.1, -0.05) is 18.2 Å². The average Bonchev–Trinajstić information content (AvgIpc) is 2.60. The second-order valence-corrected chi connectivity index (χ2v) is 10.2. The van der Waals surface area contributed by atoms with E-state index < -0.39 is 51.3 Å². The number of benzene rings is 3. The maximum absolute atomic E-state index is 12.6. The molecule has 14 heteroatoms. The Labute approximate surface area is 194 Å². The fraction of sp³-hybridized carbons (Fsp3) is 0. The molecule has 0 aliphatic rings. The van der Waals surface area contributed by atoms with Crippen LogP contribution in [0.25, 0.3) is 10.8 Å². The minimum Gasteiger partial charge on any atom is -0.398 e. The summed E-state index contributed by atoms with van der Waals surface area (Å²) in [5.41, 5.74) is 5.66. The van der Waals surface area contributed by atoms with Gasteiger partial charge in [-0.15, -0.1) is 0 Å². The van der Waals surface area contributed by atoms with Gasteiger partial charge in [-0.2, -0.15) is 25.3 Å². The van der Waals surface area contributed by atoms with Crippen molar-refractivity contribution in [1.82, 2.24) is 0 Å². The van der Waals surface area contributed by atoms with Crippen molar-refractivity contribution in [2.45, 2.75) is 14.7 Å². The zero-order chi connectivity index (χ0) is 21.6. The van der Waals surface area contributed by atoms with E-state index in [1.54, 1.807) is 6.07 Å². The van der Waals surface area contributed by atoms with Crippen LogP contribution < -0.4 is 39.5 Å². The van der Waals surface area contributed by atoms with Crippen LogP contribution in [0, 0.1) is 0 Å². The summed E-state index contributed by atoms with van der Waals surface area (Å²) in [6.45, 7) is 0. The van der Waals surface area contributed by atoms with Crippen LogP contribution in [0.1, 0.15) is 0 Å². The van der Waals surface area contributed by atoms with Crippen LogP contribution in [0.4, 0.5) is 5.69 Å². The third kappa shape index (κ3) is 4.95. The molecule has 0 aliphatic carbocycles. The third-order valence-electron chi connectivity index (χ3n) is 3.85. The molecule has 154 valence electrons. The van der Waals surface area contributed by atoms with Gasteiger partial charge < -0.3 is 9.92 Å². The van der Waals surface area contributed by atoms with Crippen molar-refractivity contribution in [1.29, 1.82) is 0 Å². The van der Waals surface area contributed by atoms with Crippen LogP contribution in [0.2, 0.25) is 0 Å². The Balaban J connectivity index is 0.00000320. The van der Waals surface area contributed by atoms with Crippen LogP contribution in [0.15, 0.2) is 69.3 Å². The van der Waals surface area contributed by atoms with E-state index in [9.17, 15) is 34.4 Å². The summed E-state index contributed by atoms with van der Waals surface area (Å²) in [6, 6.07) is 10.2. The minimum atomic E-state index is -4.90. The van der Waals surface area contributed by atoms with E-state index in [4.69, 9.17) is 9.92 Å². The predicted molar refractivity (Wildman–Crippen MR) is 102 cm³/mol. The average molecular weight is 482 g/mol. The van der Waals surface area contributed by atoms with Crippen LogP contribution >= 0.6 is 0 Å². The summed E-state index contributed by atoms with van der Waals surface area (Å²) in [4.78, 5) is -1.89. The van der Waals surface area contributed by atoms with Gasteiger partial charge in [0.1, 0.15) is 9.79 Å². The van der Waals surface area contributed by atoms with Crippen LogP contribution in [-0.2, 0) is 30.4 Å². The molecule has 30 heavy (non-hydrogen) atoms. The van der Waals surface area contributed by atoms with E-state index in [1.807, 2.05) is 0 Å². The van der Waals surface area contributed by atoms with Crippen molar-refractivity contribution in [2.24, 2.45) is 0 Å². The summed E-state index contributed by atoms with van der Waals surface area (Å²) in [5.74, 6) is -0.651. The van der Waals surface area contributed by atoms with Gasteiger partial charge in [-0.3, -0.25) is 9.11 Å². The minimum absolute atomic E-state index is 0. The third-order valence-corrected chi connectivity index (χ3v) is 6.84. The Morgan fingerprint density at radius 2 is 1.37 bits per heavy atom. The molecule has 3 rings (SSSR count). The molecule has 0 aromatic heterocycles. The van der Waals surface area contributed by atoms with Crippen molar-refractivity contribution in [3.05, 3.63) is 54.6 Å². The van der Waals surface area contributed by atoms with Crippen LogP contribution in [-0.4, -0.2) is 34.4 Å². The summed E-state index contributed by atoms with van der Waals surface area (Å²) in [7, 11) is -14.2. The number of hydrogen-bond donors (Lipinski definition) is 3. The second kappa shape index (κ2) is 8.43. The molecule has 0 amide bonds. The molecule has 0 radical (unpaired) electrons. The van der Waals surface area contributed by atoms with Crippen molar-refractivity contribution < 1.29 is 68.1 Å². The number of rotatable bonds is 5. The first-order valence-electron chi connectivity index (χ1n) is 7.61. The van der Waals surface area contributed by atoms with E-state index >= 15 is 0 Å². The topological polar surface area (TPSA) is 178 Å². The standard InChI is InChI=1S/C16H13NO9S3.Na/c17-13-6-7-15(28(21,22)23)12-8-11(27(18,19)20)9-14(16(12)13)26-29(24,25)10-4-2-1-3-5-10;/h1-9H,17H2,(H,18,19,20)(H,21,22,23);/q;+1. The van der Waals surface area contributed by atoms with E-state index in [1.165, 1.54) is 24.3 Å². The van der Waals surface area contributed by atoms with E-state index in [-0.39, 0.29) is 45.5 Å². The molecule has 0 saturated heterocycles. The second-order valence-electron chi connectivity index (χ2n) is 5.80. The molecule has 10 nitrogen and oxygen atoms in total. The van der Waals surface area contributed by atoms with Crippen LogP contribution in [0.5, 0.6) is 5.75 Å². The molecule has 0 fully saturated rings. The van der Waals surface area contributed by atoms with E-state index in [0.29, 0.717) is 6.07 Å². The molecule has 4 N–H and O–H groups in total. The SMILES string of the molecule is Nc1ccc(S(=O)(=O)O)c2cc(S(=O)(=O)O)cc(OS(=O)(=O)c3ccccc3)c12.[Na+]. The van der Waals surface area contributed by atoms with Crippen molar-refractivity contribution in [2.75, 3.05) is 5.73 Å². The van der Waals surface area contributed by atoms with Crippen molar-refractivity contribution in [3.8, 4) is 5.75 Å². The van der Waals surface area contributed by atoms with Crippen molar-refractivity contribution >= 4 is 46.8 Å². The van der Waals surface area contributed by atoms with Gasteiger partial charge in [0, 0.05) is 17.1 Å². The molecule has 0 saturated carbocycles. The fourth-order valence-electron chi connectivity index (χ4n) is 2.61. The Bertz CT molecular complexity index is 1440. The predicted octanol–water partition coefficient (Wildman–Crippen LogP) is -1.31. The number of fused-ring (bicyclic) bond motifs is 1. The smallest absolute Gasteiger partial charge is 0.398 e. The number of nitrogen functional groups attached to an aromatic ring is 1. The first-order valence-corrected chi connectivity index (χ1v) is 11.9. The van der Waals surface area contributed by atoms with E-state index in [2.05, 4.69) is 0 Å². The van der Waals surface area contributed by atoms with Gasteiger partial charge in [-0.25, -0.2) is 0 Å². The Morgan fingerprint density at radius 3 is 1.90 bits per heavy atom. The Kier molecular flexibility index (Phi) is 6.90. The Morgan fingerprint density at radius 1 is 0.767 bits per heavy atom. The summed E-state index contributed by atoms with van der Waals surface area (Å²) < 4.78 is 95.5. The molecule has 0 heterocycles. The molecule has 0 bridgehead atoms. The van der Waals surface area contributed by atoms with Gasteiger partial charge in [0.05, 0.1) is 10.3 Å². The number of hydrogen-bond acceptors (Lipinski definition) is 8. The van der Waals surface area contributed by atoms with Crippen molar-refractivity contribution in [3.63, 3.8) is 0 Å². The first-order chi connectivity index (χ1) is 13.3. The normalized spacial score (nSPS) is 12.3. The first kappa shape index (κ1) is 24.6. The van der Waals surface area contributed by atoms with Crippen LogP contribution in [0.3, 0.4) is 0 Å². The van der Waals surface area contributed by atoms with Gasteiger partial charge in [0.25, 0.3) is 20.2 Å². The molecule has 0 atom stereocenters. The number of nitrogens with two attached hydrogens (primary N) is 1. The summed E-state index contributed by atoms with van der Waals surface area (Å²) in [6.07, 6.45) is 0. The maximum Gasteiger partial charge on any atom is 1.00 e. The molecular weight excluding hydrogens is 469 g/mol. The fourth-order valence-corrected chi connectivity index (χ4v) is 4.77. The molecule has 0 aliphatic heterocycles. The van der Waals surface area contributed by atoms with Gasteiger partial charge in [-0.05, 0) is 30.3 Å². The Hall–Kier alpha value is -1.71. The zero-order valence-corrected chi connectivity index (χ0v) is 19.7. The summed E-state index contributed by atoms with van der Waals surface area (Å²) in [5, 5.41) is -0.743. The zero-order valence-electron chi connectivity index (χ0n) is 15.3. The van der Waals surface area contributed by atoms with E-state index in [0.717, 1.165) is 18.2 Å². The molecular formula is C16H13NNaO9S3+. The molecule has 0 spiro atoms. The largest absolute Gasteiger partial charge is 1.00 e. The maximum atomic E-state index is 12.6. The molecule has 3 aromatic carbocycles. The van der Waals surface area contributed by atoms with Gasteiger partial charge >= 0.3 is 39.7 Å². The van der Waals surface area contributed by atoms with Gasteiger partial charge in [0.15, 0.2) is 5.75 Å².